The van der Waals surface area contributed by atoms with E-state index in [2.05, 4.69) is 71.3 Å². The molecule has 1 aliphatic heterocycles. The molecule has 1 aromatic heterocycles. The Morgan fingerprint density at radius 2 is 1.92 bits per heavy atom. The Hall–Kier alpha value is -2.53. The molecule has 0 radical (unpaired) electrons. The maximum absolute atomic E-state index is 5.84. The third-order valence-electron chi connectivity index (χ3n) is 4.70. The molecule has 2 N–H and O–H groups in total. The van der Waals surface area contributed by atoms with E-state index in [4.69, 9.17) is 4.74 Å². The van der Waals surface area contributed by atoms with Gasteiger partial charge in [-0.1, -0.05) is 0 Å². The Balaban J connectivity index is 1.55. The Morgan fingerprint density at radius 1 is 1.12 bits per heavy atom. The van der Waals surface area contributed by atoms with Crippen molar-refractivity contribution in [3.05, 3.63) is 48.3 Å². The molecule has 130 valence electrons. The van der Waals surface area contributed by atoms with Crippen LogP contribution in [0.1, 0.15) is 19.4 Å². The summed E-state index contributed by atoms with van der Waals surface area (Å²) in [6, 6.07) is 12.8. The van der Waals surface area contributed by atoms with Gasteiger partial charge in [0.15, 0.2) is 0 Å². The second-order valence-corrected chi connectivity index (χ2v) is 6.92. The zero-order valence-electron chi connectivity index (χ0n) is 14.9. The lowest BCUT2D eigenvalue weighted by Gasteiger charge is -2.37. The molecule has 0 unspecified atom stereocenters. The van der Waals surface area contributed by atoms with Crippen LogP contribution in [-0.2, 0) is 4.74 Å². The van der Waals surface area contributed by atoms with E-state index in [0.717, 1.165) is 35.5 Å². The van der Waals surface area contributed by atoms with Crippen molar-refractivity contribution in [2.75, 3.05) is 23.3 Å². The van der Waals surface area contributed by atoms with Crippen LogP contribution in [0, 0.1) is 6.92 Å². The van der Waals surface area contributed by atoms with Gasteiger partial charge in [-0.25, -0.2) is 4.98 Å². The van der Waals surface area contributed by atoms with E-state index < -0.39 is 0 Å². The van der Waals surface area contributed by atoms with Gasteiger partial charge in [0.1, 0.15) is 0 Å². The molecule has 0 amide bonds. The monoisotopic (exact) mass is 336 g/mol. The zero-order chi connectivity index (χ0) is 17.4. The van der Waals surface area contributed by atoms with Crippen LogP contribution < -0.4 is 10.2 Å². The molecule has 2 aromatic carbocycles. The summed E-state index contributed by atoms with van der Waals surface area (Å²) < 4.78 is 5.84. The van der Waals surface area contributed by atoms with E-state index >= 15 is 0 Å². The number of aromatic nitrogens is 2. The first-order chi connectivity index (χ1) is 12.1. The van der Waals surface area contributed by atoms with Crippen LogP contribution in [-0.4, -0.2) is 35.3 Å². The molecule has 3 aromatic rings. The van der Waals surface area contributed by atoms with Gasteiger partial charge in [0.2, 0.25) is 0 Å². The Morgan fingerprint density at radius 3 is 2.68 bits per heavy atom. The van der Waals surface area contributed by atoms with Crippen molar-refractivity contribution in [1.29, 1.82) is 0 Å². The van der Waals surface area contributed by atoms with Crippen LogP contribution in [0.25, 0.3) is 11.0 Å². The number of hydrogen-bond donors (Lipinski definition) is 2. The maximum atomic E-state index is 5.84. The summed E-state index contributed by atoms with van der Waals surface area (Å²) in [5.74, 6) is 0. The van der Waals surface area contributed by atoms with Gasteiger partial charge in [-0.05, 0) is 62.7 Å². The van der Waals surface area contributed by atoms with Crippen molar-refractivity contribution in [3.8, 4) is 0 Å². The van der Waals surface area contributed by atoms with E-state index in [9.17, 15) is 0 Å². The highest BCUT2D eigenvalue weighted by Crippen LogP contribution is 2.28. The largest absolute Gasteiger partial charge is 0.372 e. The highest BCUT2D eigenvalue weighted by atomic mass is 16.5. The lowest BCUT2D eigenvalue weighted by Crippen LogP contribution is -2.45. The highest BCUT2D eigenvalue weighted by molar-refractivity contribution is 5.80. The first kappa shape index (κ1) is 16.0. The number of ether oxygens (including phenoxy) is 1. The van der Waals surface area contributed by atoms with Gasteiger partial charge < -0.3 is 19.9 Å². The van der Waals surface area contributed by atoms with Crippen molar-refractivity contribution < 1.29 is 4.74 Å². The lowest BCUT2D eigenvalue weighted by molar-refractivity contribution is -0.00521. The molecule has 0 spiro atoms. The molecule has 1 aliphatic rings. The van der Waals surface area contributed by atoms with Gasteiger partial charge in [-0.2, -0.15) is 0 Å². The third kappa shape index (κ3) is 3.33. The summed E-state index contributed by atoms with van der Waals surface area (Å²) in [4.78, 5) is 9.85. The van der Waals surface area contributed by atoms with Gasteiger partial charge in [-0.3, -0.25) is 0 Å². The fraction of sp³-hybridized carbons (Fsp3) is 0.350. The van der Waals surface area contributed by atoms with E-state index in [-0.39, 0.29) is 12.2 Å². The second kappa shape index (κ2) is 6.41. The minimum absolute atomic E-state index is 0.266. The predicted molar refractivity (Wildman–Crippen MR) is 103 cm³/mol. The van der Waals surface area contributed by atoms with Gasteiger partial charge in [0.05, 0.1) is 29.6 Å². The van der Waals surface area contributed by atoms with E-state index in [1.807, 2.05) is 6.07 Å². The van der Waals surface area contributed by atoms with E-state index in [1.165, 1.54) is 11.3 Å². The molecule has 0 saturated carbocycles. The molecule has 1 fully saturated rings. The summed E-state index contributed by atoms with van der Waals surface area (Å²) in [6.07, 6.45) is 2.25. The first-order valence-electron chi connectivity index (χ1n) is 8.80. The average Bonchev–Trinajstić information content (AvgIpc) is 3.03. The van der Waals surface area contributed by atoms with Crippen molar-refractivity contribution in [2.45, 2.75) is 33.0 Å². The fourth-order valence-corrected chi connectivity index (χ4v) is 3.54. The van der Waals surface area contributed by atoms with E-state index in [1.54, 1.807) is 6.33 Å². The van der Waals surface area contributed by atoms with Gasteiger partial charge in [-0.15, -0.1) is 0 Å². The number of aromatic amines is 1. The van der Waals surface area contributed by atoms with Crippen molar-refractivity contribution in [2.24, 2.45) is 0 Å². The number of nitrogens with one attached hydrogen (secondary N) is 2. The number of benzene rings is 2. The molecule has 0 bridgehead atoms. The minimum atomic E-state index is 0.266. The summed E-state index contributed by atoms with van der Waals surface area (Å²) in [7, 11) is 0. The molecule has 5 nitrogen and oxygen atoms in total. The Labute approximate surface area is 148 Å². The van der Waals surface area contributed by atoms with Crippen LogP contribution in [0.5, 0.6) is 0 Å². The minimum Gasteiger partial charge on any atom is -0.372 e. The number of nitrogens with zero attached hydrogens (tertiary/aromatic N) is 2. The number of imidazole rings is 1. The standard InChI is InChI=1S/C20H24N4O/c1-13-8-17(24-10-14(2)25-15(3)11-24)5-7-18(13)23-16-4-6-19-20(9-16)22-12-21-19/h4-9,12,14-15,23H,10-11H2,1-3H3,(H,21,22)/t14-,15+. The molecule has 5 heteroatoms. The fourth-order valence-electron chi connectivity index (χ4n) is 3.54. The normalized spacial score (nSPS) is 20.8. The SMILES string of the molecule is Cc1cc(N2C[C@@H](C)O[C@@H](C)C2)ccc1Nc1ccc2[nH]cnc2c1. The highest BCUT2D eigenvalue weighted by Gasteiger charge is 2.22. The number of H-pyrrole nitrogens is 1. The quantitative estimate of drug-likeness (QED) is 0.751. The van der Waals surface area contributed by atoms with Crippen LogP contribution in [0.4, 0.5) is 17.1 Å². The number of anilines is 3. The van der Waals surface area contributed by atoms with Crippen molar-refractivity contribution >= 4 is 28.1 Å². The average molecular weight is 336 g/mol. The van der Waals surface area contributed by atoms with Crippen molar-refractivity contribution in [3.63, 3.8) is 0 Å². The molecule has 1 saturated heterocycles. The van der Waals surface area contributed by atoms with E-state index in [0.29, 0.717) is 0 Å². The van der Waals surface area contributed by atoms with Crippen LogP contribution >= 0.6 is 0 Å². The summed E-state index contributed by atoms with van der Waals surface area (Å²) >= 11 is 0. The summed E-state index contributed by atoms with van der Waals surface area (Å²) in [6.45, 7) is 8.29. The molecule has 2 atom stereocenters. The Bertz CT molecular complexity index is 878. The van der Waals surface area contributed by atoms with Crippen molar-refractivity contribution in [1.82, 2.24) is 9.97 Å². The summed E-state index contributed by atoms with van der Waals surface area (Å²) in [5, 5.41) is 3.50. The second-order valence-electron chi connectivity index (χ2n) is 6.92. The number of rotatable bonds is 3. The smallest absolute Gasteiger partial charge is 0.0931 e. The molecular formula is C20H24N4O. The van der Waals surface area contributed by atoms with Gasteiger partial charge in [0.25, 0.3) is 0 Å². The van der Waals surface area contributed by atoms with Crippen LogP contribution in [0.15, 0.2) is 42.7 Å². The maximum Gasteiger partial charge on any atom is 0.0931 e. The summed E-state index contributed by atoms with van der Waals surface area (Å²) in [5.41, 5.74) is 6.67. The lowest BCUT2D eigenvalue weighted by atomic mass is 10.1. The molecule has 0 aliphatic carbocycles. The third-order valence-corrected chi connectivity index (χ3v) is 4.70. The van der Waals surface area contributed by atoms with Crippen LogP contribution in [0.2, 0.25) is 0 Å². The molecule has 2 heterocycles. The number of morpholine rings is 1. The predicted octanol–water partition coefficient (Wildman–Crippen LogP) is 4.23. The first-order valence-corrected chi connectivity index (χ1v) is 8.80. The number of aryl methyl sites for hydroxylation is 1. The molecule has 25 heavy (non-hydrogen) atoms. The van der Waals surface area contributed by atoms with Crippen LogP contribution in [0.3, 0.4) is 0 Å². The number of fused-ring (bicyclic) bond motifs is 1. The number of hydrogen-bond acceptors (Lipinski definition) is 4. The Kier molecular flexibility index (Phi) is 4.09. The molecular weight excluding hydrogens is 312 g/mol. The van der Waals surface area contributed by atoms with Gasteiger partial charge in [0, 0.05) is 30.2 Å². The van der Waals surface area contributed by atoms with Gasteiger partial charge >= 0.3 is 0 Å². The molecule has 4 rings (SSSR count). The zero-order valence-corrected chi connectivity index (χ0v) is 14.9. The topological polar surface area (TPSA) is 53.2 Å².